The Bertz CT molecular complexity index is 611. The summed E-state index contributed by atoms with van der Waals surface area (Å²) in [7, 11) is 3.87. The molecule has 3 N–H and O–H groups in total. The Morgan fingerprint density at radius 3 is 2.68 bits per heavy atom. The predicted molar refractivity (Wildman–Crippen MR) is 83.5 cm³/mol. The lowest BCUT2D eigenvalue weighted by molar-refractivity contribution is 0.972. The van der Waals surface area contributed by atoms with Gasteiger partial charge in [-0.3, -0.25) is 5.41 Å². The van der Waals surface area contributed by atoms with Crippen molar-refractivity contribution in [1.29, 1.82) is 5.41 Å². The van der Waals surface area contributed by atoms with E-state index in [-0.39, 0.29) is 5.84 Å². The van der Waals surface area contributed by atoms with Gasteiger partial charge in [-0.15, -0.1) is 10.2 Å². The third-order valence-corrected chi connectivity index (χ3v) is 5.35. The maximum Gasteiger partial charge on any atom is 0.208 e. The van der Waals surface area contributed by atoms with Gasteiger partial charge in [-0.25, -0.2) is 0 Å². The van der Waals surface area contributed by atoms with Gasteiger partial charge in [0.1, 0.15) is 5.84 Å². The van der Waals surface area contributed by atoms with Gasteiger partial charge in [-0.2, -0.15) is 0 Å². The van der Waals surface area contributed by atoms with E-state index in [1.165, 1.54) is 23.1 Å². The summed E-state index contributed by atoms with van der Waals surface area (Å²) in [6.07, 6.45) is 0. The van der Waals surface area contributed by atoms with E-state index in [4.69, 9.17) is 11.1 Å². The average Bonchev–Trinajstić information content (AvgIpc) is 2.80. The normalized spacial score (nSPS) is 10.5. The van der Waals surface area contributed by atoms with Crippen LogP contribution in [-0.2, 0) is 0 Å². The van der Waals surface area contributed by atoms with Crippen molar-refractivity contribution in [2.45, 2.75) is 9.24 Å². The standard InChI is InChI=1S/C11H12BrN5S2/c1-17(2)10-15-16-11(19-10)18-8-4-3-6(9(13)14)5-7(8)12/h3-5H,1-2H3,(H3,13,14). The van der Waals surface area contributed by atoms with Crippen LogP contribution in [0.2, 0.25) is 0 Å². The van der Waals surface area contributed by atoms with E-state index in [0.717, 1.165) is 18.8 Å². The Morgan fingerprint density at radius 1 is 1.42 bits per heavy atom. The number of nitrogen functional groups attached to an aromatic ring is 1. The topological polar surface area (TPSA) is 78.9 Å². The van der Waals surface area contributed by atoms with Crippen LogP contribution in [0, 0.1) is 5.41 Å². The molecule has 0 aliphatic heterocycles. The predicted octanol–water partition coefficient (Wildman–Crippen LogP) is 2.80. The van der Waals surface area contributed by atoms with E-state index >= 15 is 0 Å². The number of aromatic nitrogens is 2. The minimum atomic E-state index is 0.0584. The molecule has 8 heteroatoms. The number of amidine groups is 1. The Kier molecular flexibility index (Phi) is 4.43. The molecule has 0 aliphatic carbocycles. The SMILES string of the molecule is CN(C)c1nnc(Sc2ccc(C(=N)N)cc2Br)s1. The minimum absolute atomic E-state index is 0.0584. The fourth-order valence-corrected chi connectivity index (χ4v) is 3.62. The number of hydrogen-bond donors (Lipinski definition) is 2. The molecule has 0 saturated carbocycles. The molecular weight excluding hydrogens is 346 g/mol. The molecule has 0 saturated heterocycles. The molecule has 0 spiro atoms. The Hall–Kier alpha value is -1.12. The molecule has 100 valence electrons. The molecule has 0 amide bonds. The fraction of sp³-hybridized carbons (Fsp3) is 0.182. The molecule has 2 rings (SSSR count). The summed E-state index contributed by atoms with van der Waals surface area (Å²) in [5.74, 6) is 0.0584. The van der Waals surface area contributed by atoms with Crippen molar-refractivity contribution >= 4 is 50.0 Å². The molecule has 1 aromatic heterocycles. The number of halogens is 1. The number of nitrogens with two attached hydrogens (primary N) is 1. The van der Waals surface area contributed by atoms with Gasteiger partial charge < -0.3 is 10.6 Å². The van der Waals surface area contributed by atoms with Gasteiger partial charge in [0, 0.05) is 29.0 Å². The number of benzene rings is 1. The van der Waals surface area contributed by atoms with Gasteiger partial charge >= 0.3 is 0 Å². The van der Waals surface area contributed by atoms with E-state index < -0.39 is 0 Å². The van der Waals surface area contributed by atoms with Crippen LogP contribution in [0.4, 0.5) is 5.13 Å². The molecule has 0 radical (unpaired) electrons. The summed E-state index contributed by atoms with van der Waals surface area (Å²) >= 11 is 6.55. The second-order valence-corrected chi connectivity index (χ2v) is 7.01. The summed E-state index contributed by atoms with van der Waals surface area (Å²) in [5, 5.41) is 16.5. The Labute approximate surface area is 127 Å². The number of nitrogens with one attached hydrogen (secondary N) is 1. The Morgan fingerprint density at radius 2 is 2.16 bits per heavy atom. The maximum atomic E-state index is 7.40. The molecular formula is C11H12BrN5S2. The summed E-state index contributed by atoms with van der Waals surface area (Å²) in [6.45, 7) is 0. The number of nitrogens with zero attached hydrogens (tertiary/aromatic N) is 3. The van der Waals surface area contributed by atoms with E-state index in [2.05, 4.69) is 26.1 Å². The van der Waals surface area contributed by atoms with Crippen molar-refractivity contribution < 1.29 is 0 Å². The first-order valence-electron chi connectivity index (χ1n) is 5.30. The van der Waals surface area contributed by atoms with Gasteiger partial charge in [0.05, 0.1) is 0 Å². The lowest BCUT2D eigenvalue weighted by Crippen LogP contribution is -2.10. The number of anilines is 1. The zero-order valence-electron chi connectivity index (χ0n) is 10.3. The first-order chi connectivity index (χ1) is 8.97. The highest BCUT2D eigenvalue weighted by Gasteiger charge is 2.10. The summed E-state index contributed by atoms with van der Waals surface area (Å²) in [4.78, 5) is 2.95. The van der Waals surface area contributed by atoms with Gasteiger partial charge in [-0.05, 0) is 28.1 Å². The smallest absolute Gasteiger partial charge is 0.208 e. The zero-order valence-corrected chi connectivity index (χ0v) is 13.6. The van der Waals surface area contributed by atoms with Crippen molar-refractivity contribution in [1.82, 2.24) is 10.2 Å². The highest BCUT2D eigenvalue weighted by atomic mass is 79.9. The molecule has 1 aromatic carbocycles. The zero-order chi connectivity index (χ0) is 14.0. The van der Waals surface area contributed by atoms with Crippen LogP contribution >= 0.6 is 39.0 Å². The maximum absolute atomic E-state index is 7.40. The molecule has 0 bridgehead atoms. The van der Waals surface area contributed by atoms with E-state index in [0.29, 0.717) is 5.56 Å². The van der Waals surface area contributed by atoms with Crippen molar-refractivity contribution in [2.24, 2.45) is 5.73 Å². The molecule has 0 atom stereocenters. The third kappa shape index (κ3) is 3.46. The van der Waals surface area contributed by atoms with E-state index in [1.54, 1.807) is 0 Å². The van der Waals surface area contributed by atoms with Gasteiger partial charge in [0.15, 0.2) is 4.34 Å². The van der Waals surface area contributed by atoms with Crippen LogP contribution < -0.4 is 10.6 Å². The van der Waals surface area contributed by atoms with Crippen LogP contribution in [0.15, 0.2) is 31.9 Å². The van der Waals surface area contributed by atoms with E-state index in [9.17, 15) is 0 Å². The molecule has 0 fully saturated rings. The van der Waals surface area contributed by atoms with Crippen molar-refractivity contribution in [3.05, 3.63) is 28.2 Å². The summed E-state index contributed by atoms with van der Waals surface area (Å²) in [5.41, 5.74) is 6.15. The first kappa shape index (κ1) is 14.3. The lowest BCUT2D eigenvalue weighted by Gasteiger charge is -2.05. The van der Waals surface area contributed by atoms with Gasteiger partial charge in [-0.1, -0.05) is 29.2 Å². The number of hydrogen-bond acceptors (Lipinski definition) is 6. The second kappa shape index (κ2) is 5.89. The van der Waals surface area contributed by atoms with E-state index in [1.807, 2.05) is 37.2 Å². The van der Waals surface area contributed by atoms with Crippen molar-refractivity contribution in [3.8, 4) is 0 Å². The molecule has 5 nitrogen and oxygen atoms in total. The van der Waals surface area contributed by atoms with Crippen LogP contribution in [0.25, 0.3) is 0 Å². The molecule has 0 aliphatic rings. The van der Waals surface area contributed by atoms with Crippen molar-refractivity contribution in [2.75, 3.05) is 19.0 Å². The second-order valence-electron chi connectivity index (χ2n) is 3.91. The summed E-state index contributed by atoms with van der Waals surface area (Å²) in [6, 6.07) is 5.57. The molecule has 2 aromatic rings. The van der Waals surface area contributed by atoms with Crippen LogP contribution in [0.5, 0.6) is 0 Å². The minimum Gasteiger partial charge on any atom is -0.384 e. The van der Waals surface area contributed by atoms with Crippen LogP contribution in [0.3, 0.4) is 0 Å². The highest BCUT2D eigenvalue weighted by molar-refractivity contribution is 9.10. The largest absolute Gasteiger partial charge is 0.384 e. The molecule has 0 unspecified atom stereocenters. The van der Waals surface area contributed by atoms with Crippen LogP contribution in [-0.4, -0.2) is 30.1 Å². The average molecular weight is 358 g/mol. The lowest BCUT2D eigenvalue weighted by atomic mass is 10.2. The Balaban J connectivity index is 2.20. The fourth-order valence-electron chi connectivity index (χ4n) is 1.27. The quantitative estimate of drug-likeness (QED) is 0.649. The van der Waals surface area contributed by atoms with Crippen molar-refractivity contribution in [3.63, 3.8) is 0 Å². The van der Waals surface area contributed by atoms with Gasteiger partial charge in [0.2, 0.25) is 5.13 Å². The first-order valence-corrected chi connectivity index (χ1v) is 7.72. The van der Waals surface area contributed by atoms with Gasteiger partial charge in [0.25, 0.3) is 0 Å². The molecule has 1 heterocycles. The molecule has 19 heavy (non-hydrogen) atoms. The third-order valence-electron chi connectivity index (χ3n) is 2.22. The highest BCUT2D eigenvalue weighted by Crippen LogP contribution is 2.36. The monoisotopic (exact) mass is 357 g/mol. The summed E-state index contributed by atoms with van der Waals surface area (Å²) < 4.78 is 1.77. The van der Waals surface area contributed by atoms with Crippen LogP contribution in [0.1, 0.15) is 5.56 Å². The number of rotatable bonds is 4.